The summed E-state index contributed by atoms with van der Waals surface area (Å²) >= 11 is 1.43. The maximum absolute atomic E-state index is 12.3. The molecular weight excluding hydrogens is 318 g/mol. The van der Waals surface area contributed by atoms with Crippen molar-refractivity contribution in [2.24, 2.45) is 0 Å². The second-order valence-corrected chi connectivity index (χ2v) is 6.60. The molecule has 0 saturated carbocycles. The van der Waals surface area contributed by atoms with Crippen LogP contribution in [0.15, 0.2) is 0 Å². The van der Waals surface area contributed by atoms with Crippen molar-refractivity contribution in [2.45, 2.75) is 51.9 Å². The molecule has 23 heavy (non-hydrogen) atoms. The van der Waals surface area contributed by atoms with Gasteiger partial charge in [0, 0.05) is 17.7 Å². The lowest BCUT2D eigenvalue weighted by atomic mass is 10.1. The van der Waals surface area contributed by atoms with Gasteiger partial charge < -0.3 is 15.2 Å². The molecule has 1 heterocycles. The molecule has 0 radical (unpaired) electrons. The Morgan fingerprint density at radius 1 is 1.26 bits per heavy atom. The Kier molecular flexibility index (Phi) is 6.15. The second kappa shape index (κ2) is 8.10. The molecule has 2 rings (SSSR count). The van der Waals surface area contributed by atoms with E-state index >= 15 is 0 Å². The lowest BCUT2D eigenvalue weighted by Gasteiger charge is -2.08. The zero-order valence-corrected chi connectivity index (χ0v) is 14.0. The zero-order valence-electron chi connectivity index (χ0n) is 13.1. The van der Waals surface area contributed by atoms with Crippen LogP contribution in [0.5, 0.6) is 0 Å². The summed E-state index contributed by atoms with van der Waals surface area (Å²) in [5.41, 5.74) is 1.49. The van der Waals surface area contributed by atoms with Gasteiger partial charge in [-0.05, 0) is 37.7 Å². The zero-order chi connectivity index (χ0) is 16.8. The number of ether oxygens (including phenoxy) is 1. The highest BCUT2D eigenvalue weighted by Gasteiger charge is 2.28. The van der Waals surface area contributed by atoms with Gasteiger partial charge >= 0.3 is 11.9 Å². The second-order valence-electron chi connectivity index (χ2n) is 5.49. The number of carbonyl (C=O) groups is 3. The van der Waals surface area contributed by atoms with Crippen LogP contribution in [0.4, 0.5) is 5.00 Å². The van der Waals surface area contributed by atoms with Gasteiger partial charge in [0.2, 0.25) is 5.91 Å². The van der Waals surface area contributed by atoms with Crippen LogP contribution >= 0.6 is 11.3 Å². The van der Waals surface area contributed by atoms with E-state index in [1.807, 2.05) is 6.92 Å². The van der Waals surface area contributed by atoms with E-state index in [0.717, 1.165) is 36.1 Å². The molecule has 0 bridgehead atoms. The molecule has 0 aliphatic heterocycles. The molecule has 0 atom stereocenters. The molecule has 126 valence electrons. The summed E-state index contributed by atoms with van der Waals surface area (Å²) in [4.78, 5) is 35.9. The first-order chi connectivity index (χ1) is 11.0. The first kappa shape index (κ1) is 17.5. The number of hydrogen-bond acceptors (Lipinski definition) is 5. The first-order valence-corrected chi connectivity index (χ1v) is 8.67. The fourth-order valence-electron chi connectivity index (χ4n) is 2.56. The number of aryl methyl sites for hydroxylation is 1. The molecular formula is C16H21NO5S. The van der Waals surface area contributed by atoms with Gasteiger partial charge in [0.25, 0.3) is 0 Å². The smallest absolute Gasteiger partial charge is 0.341 e. The monoisotopic (exact) mass is 339 g/mol. The lowest BCUT2D eigenvalue weighted by molar-refractivity contribution is -0.137. The van der Waals surface area contributed by atoms with Gasteiger partial charge in [-0.1, -0.05) is 6.92 Å². The van der Waals surface area contributed by atoms with Gasteiger partial charge in [0.15, 0.2) is 0 Å². The van der Waals surface area contributed by atoms with Crippen molar-refractivity contribution in [1.82, 2.24) is 0 Å². The Hall–Kier alpha value is -1.89. The fourth-order valence-corrected chi connectivity index (χ4v) is 3.86. The number of nitrogens with one attached hydrogen (secondary N) is 1. The van der Waals surface area contributed by atoms with Gasteiger partial charge in [-0.3, -0.25) is 9.59 Å². The number of carboxylic acids is 1. The van der Waals surface area contributed by atoms with Crippen molar-refractivity contribution >= 4 is 34.2 Å². The minimum Gasteiger partial charge on any atom is -0.481 e. The molecule has 0 fully saturated rings. The van der Waals surface area contributed by atoms with Crippen LogP contribution in [0.25, 0.3) is 0 Å². The number of carbonyl (C=O) groups excluding carboxylic acids is 2. The molecule has 0 spiro atoms. The first-order valence-electron chi connectivity index (χ1n) is 7.86. The van der Waals surface area contributed by atoms with Gasteiger partial charge in [0.05, 0.1) is 12.2 Å². The number of carboxylic acid groups (broad SMARTS) is 1. The Morgan fingerprint density at radius 3 is 2.74 bits per heavy atom. The van der Waals surface area contributed by atoms with Crippen molar-refractivity contribution in [1.29, 1.82) is 0 Å². The topological polar surface area (TPSA) is 92.7 Å². The van der Waals surface area contributed by atoms with Gasteiger partial charge in [-0.25, -0.2) is 4.79 Å². The van der Waals surface area contributed by atoms with Crippen molar-refractivity contribution in [3.63, 3.8) is 0 Å². The number of esters is 1. The van der Waals surface area contributed by atoms with Crippen LogP contribution in [-0.4, -0.2) is 29.6 Å². The third kappa shape index (κ3) is 4.54. The van der Waals surface area contributed by atoms with E-state index < -0.39 is 5.97 Å². The van der Waals surface area contributed by atoms with Gasteiger partial charge in [0.1, 0.15) is 5.00 Å². The minimum absolute atomic E-state index is 0.0419. The van der Waals surface area contributed by atoms with Crippen LogP contribution in [0.2, 0.25) is 0 Å². The summed E-state index contributed by atoms with van der Waals surface area (Å²) in [6, 6.07) is 0. The van der Waals surface area contributed by atoms with Crippen molar-refractivity contribution in [2.75, 3.05) is 11.9 Å². The van der Waals surface area contributed by atoms with E-state index in [2.05, 4.69) is 5.32 Å². The number of fused-ring (bicyclic) bond motifs is 1. The Morgan fingerprint density at radius 2 is 2.04 bits per heavy atom. The predicted octanol–water partition coefficient (Wildman–Crippen LogP) is 3.00. The van der Waals surface area contributed by atoms with Gasteiger partial charge in [-0.15, -0.1) is 11.3 Å². The standard InChI is InChI=1S/C16H21NO5S/c1-2-9-22-16(21)14-10-5-3-6-11(10)23-15(14)17-12(18)7-4-8-13(19)20/h2-9H2,1H3,(H,17,18)(H,19,20). The highest BCUT2D eigenvalue weighted by atomic mass is 32.1. The van der Waals surface area contributed by atoms with Crippen LogP contribution in [-0.2, 0) is 27.2 Å². The van der Waals surface area contributed by atoms with E-state index in [1.54, 1.807) is 0 Å². The average Bonchev–Trinajstić information content (AvgIpc) is 3.04. The number of rotatable bonds is 8. The normalized spacial score (nSPS) is 12.7. The molecule has 0 aromatic carbocycles. The molecule has 6 nitrogen and oxygen atoms in total. The molecule has 7 heteroatoms. The van der Waals surface area contributed by atoms with Crippen LogP contribution in [0.3, 0.4) is 0 Å². The summed E-state index contributed by atoms with van der Waals surface area (Å²) in [5, 5.41) is 11.9. The Labute approximate surface area is 138 Å². The molecule has 0 saturated heterocycles. The third-order valence-electron chi connectivity index (χ3n) is 3.61. The molecule has 1 aromatic rings. The summed E-state index contributed by atoms with van der Waals surface area (Å²) < 4.78 is 5.23. The SMILES string of the molecule is CCCOC(=O)c1c(NC(=O)CCCC(=O)O)sc2c1CCC2. The van der Waals surface area contributed by atoms with Crippen molar-refractivity contribution in [3.8, 4) is 0 Å². The summed E-state index contributed by atoms with van der Waals surface area (Å²) in [6.07, 6.45) is 3.87. The Balaban J connectivity index is 2.07. The highest BCUT2D eigenvalue weighted by molar-refractivity contribution is 7.17. The highest BCUT2D eigenvalue weighted by Crippen LogP contribution is 2.39. The van der Waals surface area contributed by atoms with Crippen molar-refractivity contribution in [3.05, 3.63) is 16.0 Å². The van der Waals surface area contributed by atoms with Crippen LogP contribution in [0, 0.1) is 0 Å². The van der Waals surface area contributed by atoms with E-state index in [-0.39, 0.29) is 31.1 Å². The molecule has 1 aliphatic rings. The number of hydrogen-bond donors (Lipinski definition) is 2. The maximum atomic E-state index is 12.3. The molecule has 0 unspecified atom stereocenters. The van der Waals surface area contributed by atoms with E-state index in [9.17, 15) is 14.4 Å². The number of aliphatic carboxylic acids is 1. The maximum Gasteiger partial charge on any atom is 0.341 e. The lowest BCUT2D eigenvalue weighted by Crippen LogP contribution is -2.15. The third-order valence-corrected chi connectivity index (χ3v) is 4.82. The van der Waals surface area contributed by atoms with Gasteiger partial charge in [-0.2, -0.15) is 0 Å². The van der Waals surface area contributed by atoms with E-state index in [1.165, 1.54) is 11.3 Å². The molecule has 1 aromatic heterocycles. The van der Waals surface area contributed by atoms with Crippen molar-refractivity contribution < 1.29 is 24.2 Å². The largest absolute Gasteiger partial charge is 0.481 e. The quantitative estimate of drug-likeness (QED) is 0.710. The number of amides is 1. The fraction of sp³-hybridized carbons (Fsp3) is 0.562. The predicted molar refractivity (Wildman–Crippen MR) is 87.0 cm³/mol. The summed E-state index contributed by atoms with van der Waals surface area (Å²) in [6.45, 7) is 2.28. The summed E-state index contributed by atoms with van der Waals surface area (Å²) in [7, 11) is 0. The number of anilines is 1. The van der Waals surface area contributed by atoms with E-state index in [0.29, 0.717) is 17.2 Å². The average molecular weight is 339 g/mol. The minimum atomic E-state index is -0.920. The molecule has 1 amide bonds. The van der Waals surface area contributed by atoms with E-state index in [4.69, 9.17) is 9.84 Å². The molecule has 1 aliphatic carbocycles. The molecule has 2 N–H and O–H groups in total. The Bertz CT molecular complexity index is 608. The number of thiophene rings is 1. The summed E-state index contributed by atoms with van der Waals surface area (Å²) in [5.74, 6) is -1.57. The van der Waals surface area contributed by atoms with Crippen LogP contribution < -0.4 is 5.32 Å². The van der Waals surface area contributed by atoms with Crippen LogP contribution in [0.1, 0.15) is 59.8 Å².